The molecule has 1 aromatic carbocycles. The summed E-state index contributed by atoms with van der Waals surface area (Å²) >= 11 is 5.93. The Labute approximate surface area is 135 Å². The van der Waals surface area contributed by atoms with Crippen molar-refractivity contribution < 1.29 is 12.8 Å². The van der Waals surface area contributed by atoms with Crippen LogP contribution in [0.25, 0.3) is 0 Å². The number of fused-ring (bicyclic) bond motifs is 2. The fraction of sp³-hybridized carbons (Fsp3) is 0.538. The van der Waals surface area contributed by atoms with Crippen LogP contribution in [0.1, 0.15) is 19.3 Å². The highest BCUT2D eigenvalue weighted by Crippen LogP contribution is 2.35. The lowest BCUT2D eigenvalue weighted by Crippen LogP contribution is -2.42. The van der Waals surface area contributed by atoms with Gasteiger partial charge in [0.05, 0.1) is 5.02 Å². The van der Waals surface area contributed by atoms with Crippen LogP contribution in [0.5, 0.6) is 0 Å². The molecule has 118 valence electrons. The maximum atomic E-state index is 13.1. The van der Waals surface area contributed by atoms with E-state index in [1.54, 1.807) is 4.31 Å². The molecule has 2 bridgehead atoms. The third kappa shape index (κ3) is 3.05. The maximum Gasteiger partial charge on any atom is 0.245 e. The Morgan fingerprint density at radius 1 is 1.24 bits per heavy atom. The normalized spacial score (nSPS) is 26.2. The second-order valence-corrected chi connectivity index (χ2v) is 7.51. The van der Waals surface area contributed by atoms with Crippen LogP contribution in [-0.4, -0.2) is 37.9 Å². The number of sulfonamides is 1. The molecule has 2 atom stereocenters. The zero-order chi connectivity index (χ0) is 14.3. The summed E-state index contributed by atoms with van der Waals surface area (Å²) in [5, 5.41) is 3.20. The predicted octanol–water partition coefficient (Wildman–Crippen LogP) is 2.42. The van der Waals surface area contributed by atoms with Crippen LogP contribution in [0, 0.1) is 5.82 Å². The van der Waals surface area contributed by atoms with Gasteiger partial charge in [-0.3, -0.25) is 0 Å². The van der Waals surface area contributed by atoms with Gasteiger partial charge in [-0.2, -0.15) is 4.31 Å². The van der Waals surface area contributed by atoms with E-state index < -0.39 is 15.8 Å². The molecule has 0 aliphatic carbocycles. The lowest BCUT2D eigenvalue weighted by molar-refractivity contribution is 0.334. The van der Waals surface area contributed by atoms with Gasteiger partial charge in [0.25, 0.3) is 0 Å². The van der Waals surface area contributed by atoms with E-state index in [-0.39, 0.29) is 34.4 Å². The molecule has 2 aliphatic heterocycles. The minimum Gasteiger partial charge on any atom is -0.315 e. The molecule has 2 unspecified atom stereocenters. The number of rotatable bonds is 2. The van der Waals surface area contributed by atoms with Crippen molar-refractivity contribution in [3.05, 3.63) is 29.0 Å². The molecule has 2 fully saturated rings. The van der Waals surface area contributed by atoms with Crippen LogP contribution in [-0.2, 0) is 10.0 Å². The van der Waals surface area contributed by atoms with Gasteiger partial charge < -0.3 is 5.32 Å². The zero-order valence-electron chi connectivity index (χ0n) is 11.3. The number of hydrogen-bond donors (Lipinski definition) is 1. The molecule has 8 heteroatoms. The van der Waals surface area contributed by atoms with E-state index in [2.05, 4.69) is 5.32 Å². The fourth-order valence-electron chi connectivity index (χ4n) is 3.13. The number of benzene rings is 1. The largest absolute Gasteiger partial charge is 0.315 e. The molecule has 2 saturated heterocycles. The molecule has 0 saturated carbocycles. The Balaban J connectivity index is 0.00000161. The molecule has 0 radical (unpaired) electrons. The molecule has 1 N–H and O–H groups in total. The van der Waals surface area contributed by atoms with Gasteiger partial charge in [0.2, 0.25) is 10.0 Å². The van der Waals surface area contributed by atoms with Gasteiger partial charge in [-0.05, 0) is 44.0 Å². The van der Waals surface area contributed by atoms with Crippen molar-refractivity contribution in [2.75, 3.05) is 13.1 Å². The molecular formula is C13H17Cl2FN2O2S. The maximum absolute atomic E-state index is 13.1. The molecule has 2 aliphatic rings. The highest BCUT2D eigenvalue weighted by Gasteiger charge is 2.43. The summed E-state index contributed by atoms with van der Waals surface area (Å²) < 4.78 is 40.3. The lowest BCUT2D eigenvalue weighted by Gasteiger charge is -2.27. The Bertz CT molecular complexity index is 613. The SMILES string of the molecule is Cl.O=S(=O)(c1ccc(F)cc1Cl)N1C2CCNCC1CC2. The molecule has 0 amide bonds. The van der Waals surface area contributed by atoms with Crippen LogP contribution in [0.4, 0.5) is 4.39 Å². The van der Waals surface area contributed by atoms with Gasteiger partial charge in [0, 0.05) is 18.6 Å². The van der Waals surface area contributed by atoms with Crippen LogP contribution in [0.3, 0.4) is 0 Å². The smallest absolute Gasteiger partial charge is 0.245 e. The molecule has 3 rings (SSSR count). The topological polar surface area (TPSA) is 49.4 Å². The van der Waals surface area contributed by atoms with E-state index in [0.717, 1.165) is 37.9 Å². The fourth-order valence-corrected chi connectivity index (χ4v) is 5.54. The first-order valence-corrected chi connectivity index (χ1v) is 8.51. The van der Waals surface area contributed by atoms with Gasteiger partial charge >= 0.3 is 0 Å². The first-order valence-electron chi connectivity index (χ1n) is 6.69. The molecular weight excluding hydrogens is 338 g/mol. The van der Waals surface area contributed by atoms with Crippen molar-refractivity contribution in [1.29, 1.82) is 0 Å². The van der Waals surface area contributed by atoms with Gasteiger partial charge in [-0.15, -0.1) is 12.4 Å². The second kappa shape index (κ2) is 6.38. The van der Waals surface area contributed by atoms with Crippen molar-refractivity contribution in [3.63, 3.8) is 0 Å². The van der Waals surface area contributed by atoms with Crippen molar-refractivity contribution in [3.8, 4) is 0 Å². The van der Waals surface area contributed by atoms with Gasteiger partial charge in [0.15, 0.2) is 0 Å². The van der Waals surface area contributed by atoms with Gasteiger partial charge in [0.1, 0.15) is 10.7 Å². The third-order valence-electron chi connectivity index (χ3n) is 4.04. The summed E-state index contributed by atoms with van der Waals surface area (Å²) in [6.07, 6.45) is 2.54. The van der Waals surface area contributed by atoms with Gasteiger partial charge in [-0.25, -0.2) is 12.8 Å². The Morgan fingerprint density at radius 2 is 1.95 bits per heavy atom. The number of nitrogens with one attached hydrogen (secondary N) is 1. The zero-order valence-corrected chi connectivity index (χ0v) is 13.6. The van der Waals surface area contributed by atoms with Crippen molar-refractivity contribution in [1.82, 2.24) is 9.62 Å². The average Bonchev–Trinajstić information content (AvgIpc) is 2.63. The summed E-state index contributed by atoms with van der Waals surface area (Å²) in [5.41, 5.74) is 0. The van der Waals surface area contributed by atoms with Crippen molar-refractivity contribution in [2.24, 2.45) is 0 Å². The first kappa shape index (κ1) is 17.0. The lowest BCUT2D eigenvalue weighted by atomic mass is 10.1. The highest BCUT2D eigenvalue weighted by molar-refractivity contribution is 7.89. The highest BCUT2D eigenvalue weighted by atomic mass is 35.5. The van der Waals surface area contributed by atoms with Crippen molar-refractivity contribution in [2.45, 2.75) is 36.2 Å². The Hall–Kier alpha value is -0.400. The van der Waals surface area contributed by atoms with Crippen LogP contribution >= 0.6 is 24.0 Å². The van der Waals surface area contributed by atoms with E-state index in [4.69, 9.17) is 11.6 Å². The summed E-state index contributed by atoms with van der Waals surface area (Å²) in [6.45, 7) is 1.49. The predicted molar refractivity (Wildman–Crippen MR) is 82.0 cm³/mol. The minimum absolute atomic E-state index is 0. The molecule has 0 spiro atoms. The standard InChI is InChI=1S/C13H16ClFN2O2S.ClH/c14-12-7-9(15)1-4-13(12)20(18,19)17-10-2-3-11(17)8-16-6-5-10;/h1,4,7,10-11,16H,2-3,5-6,8H2;1H. The third-order valence-corrected chi connectivity index (χ3v) is 6.52. The molecule has 1 aromatic rings. The van der Waals surface area contributed by atoms with E-state index >= 15 is 0 Å². The minimum atomic E-state index is -3.67. The van der Waals surface area contributed by atoms with Crippen LogP contribution < -0.4 is 5.32 Å². The molecule has 0 aromatic heterocycles. The van der Waals surface area contributed by atoms with E-state index in [0.29, 0.717) is 6.54 Å². The van der Waals surface area contributed by atoms with E-state index in [9.17, 15) is 12.8 Å². The summed E-state index contributed by atoms with van der Waals surface area (Å²) in [5.74, 6) is -0.533. The second-order valence-electron chi connectivity index (χ2n) is 5.29. The first-order chi connectivity index (χ1) is 9.50. The van der Waals surface area contributed by atoms with Crippen molar-refractivity contribution >= 4 is 34.0 Å². The number of halogens is 3. The monoisotopic (exact) mass is 354 g/mol. The molecule has 21 heavy (non-hydrogen) atoms. The number of nitrogens with zero attached hydrogens (tertiary/aromatic N) is 1. The van der Waals surface area contributed by atoms with E-state index in [1.165, 1.54) is 6.07 Å². The summed E-state index contributed by atoms with van der Waals surface area (Å²) in [7, 11) is -3.67. The van der Waals surface area contributed by atoms with Gasteiger partial charge in [-0.1, -0.05) is 11.6 Å². The summed E-state index contributed by atoms with van der Waals surface area (Å²) in [6, 6.07) is 3.42. The molecule has 4 nitrogen and oxygen atoms in total. The Kier molecular flexibility index (Phi) is 5.15. The average molecular weight is 355 g/mol. The Morgan fingerprint density at radius 3 is 2.67 bits per heavy atom. The van der Waals surface area contributed by atoms with Crippen LogP contribution in [0.15, 0.2) is 23.1 Å². The van der Waals surface area contributed by atoms with Crippen LogP contribution in [0.2, 0.25) is 5.02 Å². The summed E-state index contributed by atoms with van der Waals surface area (Å²) in [4.78, 5) is -0.000586. The van der Waals surface area contributed by atoms with E-state index in [1.807, 2.05) is 0 Å². The number of hydrogen-bond acceptors (Lipinski definition) is 3. The quantitative estimate of drug-likeness (QED) is 0.887. The molecule has 2 heterocycles.